The number of ketones is 1. The molecule has 0 radical (unpaired) electrons. The number of fused-ring (bicyclic) bond motifs is 1. The minimum atomic E-state index is -0.654. The second-order valence-corrected chi connectivity index (χ2v) is 5.04. The molecule has 1 unspecified atom stereocenters. The highest BCUT2D eigenvalue weighted by Gasteiger charge is 2.57. The molecule has 94 valence electrons. The Bertz CT molecular complexity index is 347. The minimum absolute atomic E-state index is 0.0311. The predicted octanol–water partition coefficient (Wildman–Crippen LogP) is 1.34. The molecule has 1 saturated carbocycles. The van der Waals surface area contributed by atoms with Crippen molar-refractivity contribution >= 4 is 11.8 Å². The van der Waals surface area contributed by atoms with Crippen molar-refractivity contribution in [2.24, 2.45) is 17.8 Å². The van der Waals surface area contributed by atoms with Crippen LogP contribution in [-0.2, 0) is 19.1 Å². The van der Waals surface area contributed by atoms with Gasteiger partial charge in [-0.15, -0.1) is 0 Å². The van der Waals surface area contributed by atoms with Gasteiger partial charge in [0.25, 0.3) is 0 Å². The lowest BCUT2D eigenvalue weighted by Gasteiger charge is -2.29. The Morgan fingerprint density at radius 1 is 1.65 bits per heavy atom. The van der Waals surface area contributed by atoms with E-state index in [1.165, 1.54) is 6.08 Å². The molecule has 1 aliphatic carbocycles. The van der Waals surface area contributed by atoms with Gasteiger partial charge >= 0.3 is 5.97 Å². The van der Waals surface area contributed by atoms with E-state index in [1.54, 1.807) is 0 Å². The van der Waals surface area contributed by atoms with Crippen LogP contribution in [0.4, 0.5) is 0 Å². The zero-order chi connectivity index (χ0) is 12.6. The summed E-state index contributed by atoms with van der Waals surface area (Å²) in [4.78, 5) is 23.9. The fourth-order valence-electron chi connectivity index (χ4n) is 2.54. The molecule has 0 amide bonds. The van der Waals surface area contributed by atoms with Crippen LogP contribution in [-0.4, -0.2) is 30.6 Å². The normalized spacial score (nSPS) is 35.4. The van der Waals surface area contributed by atoms with E-state index in [2.05, 4.69) is 6.58 Å². The Hall–Kier alpha value is -1.16. The van der Waals surface area contributed by atoms with Crippen molar-refractivity contribution in [2.75, 3.05) is 6.61 Å². The van der Waals surface area contributed by atoms with Crippen molar-refractivity contribution in [3.05, 3.63) is 12.7 Å². The number of hydrogen-bond donors (Lipinski definition) is 0. The highest BCUT2D eigenvalue weighted by Crippen LogP contribution is 2.43. The number of ether oxygens (including phenoxy) is 2. The molecule has 4 heteroatoms. The molecule has 2 rings (SSSR count). The summed E-state index contributed by atoms with van der Waals surface area (Å²) < 4.78 is 10.3. The van der Waals surface area contributed by atoms with E-state index < -0.39 is 11.9 Å². The maximum absolute atomic E-state index is 12.0. The molecule has 4 nitrogen and oxygen atoms in total. The number of rotatable bonds is 4. The van der Waals surface area contributed by atoms with Crippen LogP contribution in [0.15, 0.2) is 12.7 Å². The highest BCUT2D eigenvalue weighted by atomic mass is 16.6. The topological polar surface area (TPSA) is 55.9 Å². The summed E-state index contributed by atoms with van der Waals surface area (Å²) in [5.41, 5.74) is 0. The van der Waals surface area contributed by atoms with Crippen LogP contribution in [0.3, 0.4) is 0 Å². The number of esters is 1. The van der Waals surface area contributed by atoms with E-state index in [0.29, 0.717) is 0 Å². The lowest BCUT2D eigenvalue weighted by atomic mass is 9.73. The number of carbonyl (C=O) groups excluding carboxylic acids is 2. The Kier molecular flexibility index (Phi) is 3.33. The third-order valence-corrected chi connectivity index (χ3v) is 3.56. The predicted molar refractivity (Wildman–Crippen MR) is 61.3 cm³/mol. The Morgan fingerprint density at radius 3 is 2.94 bits per heavy atom. The zero-order valence-electron chi connectivity index (χ0n) is 10.2. The summed E-state index contributed by atoms with van der Waals surface area (Å²) in [6.07, 6.45) is 1.97. The molecule has 1 heterocycles. The smallest absolute Gasteiger partial charge is 0.317 e. The van der Waals surface area contributed by atoms with Gasteiger partial charge in [-0.25, -0.2) is 0 Å². The number of Topliss-reactive ketones (excluding diaryl/α,β-unsaturated/α-hetero) is 1. The molecule has 2 aliphatic rings. The van der Waals surface area contributed by atoms with Gasteiger partial charge in [0.05, 0.1) is 6.10 Å². The molecule has 2 fully saturated rings. The van der Waals surface area contributed by atoms with E-state index >= 15 is 0 Å². The first-order chi connectivity index (χ1) is 8.06. The van der Waals surface area contributed by atoms with Crippen molar-refractivity contribution in [2.45, 2.75) is 32.5 Å². The number of carbonyl (C=O) groups is 2. The summed E-state index contributed by atoms with van der Waals surface area (Å²) in [6, 6.07) is 0. The molecule has 4 atom stereocenters. The summed E-state index contributed by atoms with van der Waals surface area (Å²) in [5, 5.41) is 0. The second-order valence-electron chi connectivity index (χ2n) is 5.04. The van der Waals surface area contributed by atoms with E-state index in [9.17, 15) is 9.59 Å². The SMILES string of the molecule is C=CCOC(=O)C1C(=O)[C@@H]2O[C@@H]2C[C@H]1C(C)C. The van der Waals surface area contributed by atoms with Gasteiger partial charge in [0.1, 0.15) is 18.6 Å². The van der Waals surface area contributed by atoms with E-state index in [4.69, 9.17) is 9.47 Å². The summed E-state index contributed by atoms with van der Waals surface area (Å²) in [6.45, 7) is 7.69. The first kappa shape index (κ1) is 12.3. The van der Waals surface area contributed by atoms with Gasteiger partial charge in [0.2, 0.25) is 0 Å². The van der Waals surface area contributed by atoms with Crippen molar-refractivity contribution in [3.63, 3.8) is 0 Å². The molecule has 1 aliphatic heterocycles. The molecular formula is C13H18O4. The van der Waals surface area contributed by atoms with Gasteiger partial charge in [-0.05, 0) is 18.3 Å². The van der Waals surface area contributed by atoms with Gasteiger partial charge in [-0.3, -0.25) is 9.59 Å². The van der Waals surface area contributed by atoms with Gasteiger partial charge in [-0.2, -0.15) is 0 Å². The summed E-state index contributed by atoms with van der Waals surface area (Å²) in [7, 11) is 0. The molecule has 0 aromatic carbocycles. The minimum Gasteiger partial charge on any atom is -0.461 e. The molecule has 0 aromatic rings. The molecular weight excluding hydrogens is 220 g/mol. The number of epoxide rings is 1. The molecule has 17 heavy (non-hydrogen) atoms. The molecule has 0 bridgehead atoms. The average Bonchev–Trinajstić information content (AvgIpc) is 3.05. The number of hydrogen-bond acceptors (Lipinski definition) is 4. The lowest BCUT2D eigenvalue weighted by Crippen LogP contribution is -2.42. The highest BCUT2D eigenvalue weighted by molar-refractivity contribution is 6.03. The van der Waals surface area contributed by atoms with Gasteiger partial charge in [-0.1, -0.05) is 26.5 Å². The monoisotopic (exact) mass is 238 g/mol. The summed E-state index contributed by atoms with van der Waals surface area (Å²) in [5.74, 6) is -0.885. The fraction of sp³-hybridized carbons (Fsp3) is 0.692. The quantitative estimate of drug-likeness (QED) is 0.321. The van der Waals surface area contributed by atoms with Crippen LogP contribution in [0.1, 0.15) is 20.3 Å². The van der Waals surface area contributed by atoms with E-state index in [-0.39, 0.29) is 36.4 Å². The van der Waals surface area contributed by atoms with E-state index in [0.717, 1.165) is 6.42 Å². The van der Waals surface area contributed by atoms with E-state index in [1.807, 2.05) is 13.8 Å². The zero-order valence-corrected chi connectivity index (χ0v) is 10.2. The Labute approximate surface area is 101 Å². The lowest BCUT2D eigenvalue weighted by molar-refractivity contribution is -0.155. The maximum Gasteiger partial charge on any atom is 0.317 e. The van der Waals surface area contributed by atoms with Crippen LogP contribution < -0.4 is 0 Å². The van der Waals surface area contributed by atoms with Crippen LogP contribution in [0.5, 0.6) is 0 Å². The Balaban J connectivity index is 2.11. The third-order valence-electron chi connectivity index (χ3n) is 3.56. The largest absolute Gasteiger partial charge is 0.461 e. The van der Waals surface area contributed by atoms with Gasteiger partial charge in [0, 0.05) is 0 Å². The van der Waals surface area contributed by atoms with Crippen LogP contribution in [0.25, 0.3) is 0 Å². The van der Waals surface area contributed by atoms with Gasteiger partial charge in [0.15, 0.2) is 5.78 Å². The van der Waals surface area contributed by atoms with Crippen molar-refractivity contribution in [3.8, 4) is 0 Å². The first-order valence-corrected chi connectivity index (χ1v) is 6.03. The molecule has 1 saturated heterocycles. The van der Waals surface area contributed by atoms with Gasteiger partial charge < -0.3 is 9.47 Å². The van der Waals surface area contributed by atoms with Crippen LogP contribution in [0.2, 0.25) is 0 Å². The van der Waals surface area contributed by atoms with Crippen molar-refractivity contribution in [1.82, 2.24) is 0 Å². The fourth-order valence-corrected chi connectivity index (χ4v) is 2.54. The standard InChI is InChI=1S/C13H18O4/c1-4-5-16-13(15)10-8(7(2)3)6-9-12(17-9)11(10)14/h4,7-10,12H,1,5-6H2,2-3H3/t8-,9+,10?,12+/m0/s1. The van der Waals surface area contributed by atoms with Crippen LogP contribution >= 0.6 is 0 Å². The molecule has 0 aromatic heterocycles. The van der Waals surface area contributed by atoms with Crippen molar-refractivity contribution < 1.29 is 19.1 Å². The summed E-state index contributed by atoms with van der Waals surface area (Å²) >= 11 is 0. The first-order valence-electron chi connectivity index (χ1n) is 6.03. The molecule has 0 N–H and O–H groups in total. The third kappa shape index (κ3) is 2.27. The van der Waals surface area contributed by atoms with Crippen LogP contribution in [0, 0.1) is 17.8 Å². The van der Waals surface area contributed by atoms with Crippen molar-refractivity contribution in [1.29, 1.82) is 0 Å². The second kappa shape index (κ2) is 4.61. The molecule has 0 spiro atoms. The average molecular weight is 238 g/mol. The maximum atomic E-state index is 12.0. The Morgan fingerprint density at radius 2 is 2.35 bits per heavy atom.